The summed E-state index contributed by atoms with van der Waals surface area (Å²) in [7, 11) is 0. The topological polar surface area (TPSA) is 29.3 Å². The Morgan fingerprint density at radius 3 is 2.52 bits per heavy atom. The van der Waals surface area contributed by atoms with E-state index in [2.05, 4.69) is 4.90 Å². The van der Waals surface area contributed by atoms with E-state index in [4.69, 9.17) is 17.3 Å². The Morgan fingerprint density at radius 1 is 1.29 bits per heavy atom. The Hall–Kier alpha value is -0.350. The van der Waals surface area contributed by atoms with E-state index in [9.17, 15) is 4.39 Å². The summed E-state index contributed by atoms with van der Waals surface area (Å²) < 4.78 is 14.5. The number of hydrogen-bond acceptors (Lipinski definition) is 2. The molecule has 1 unspecified atom stereocenters. The van der Waals surface area contributed by atoms with Crippen molar-refractivity contribution in [1.82, 2.24) is 4.90 Å². The van der Waals surface area contributed by atoms with Gasteiger partial charge >= 0.3 is 0 Å². The number of rotatable bonds is 6. The van der Waals surface area contributed by atoms with Crippen molar-refractivity contribution in [3.8, 4) is 0 Å². The fourth-order valence-corrected chi connectivity index (χ4v) is 3.49. The SMILES string of the molecule is Cl.NCCN(C1CC1)C(c1cccc(Cl)c1F)C1CCC1. The summed E-state index contributed by atoms with van der Waals surface area (Å²) in [5.74, 6) is 0.309. The Kier molecular flexibility index (Phi) is 5.89. The highest BCUT2D eigenvalue weighted by atomic mass is 35.5. The van der Waals surface area contributed by atoms with Crippen LogP contribution in [0.1, 0.15) is 43.7 Å². The minimum atomic E-state index is -0.242. The van der Waals surface area contributed by atoms with Crippen molar-refractivity contribution < 1.29 is 4.39 Å². The maximum atomic E-state index is 14.5. The molecule has 2 nitrogen and oxygen atoms in total. The number of nitrogens with zero attached hydrogens (tertiary/aromatic N) is 1. The average molecular weight is 333 g/mol. The van der Waals surface area contributed by atoms with Crippen molar-refractivity contribution in [2.75, 3.05) is 13.1 Å². The molecule has 1 atom stereocenters. The van der Waals surface area contributed by atoms with E-state index in [-0.39, 0.29) is 29.3 Å². The number of hydrogen-bond donors (Lipinski definition) is 1. The first-order chi connectivity index (χ1) is 9.72. The average Bonchev–Trinajstić information content (AvgIpc) is 3.19. The molecule has 5 heteroatoms. The van der Waals surface area contributed by atoms with Crippen LogP contribution in [0, 0.1) is 11.7 Å². The minimum absolute atomic E-state index is 0. The van der Waals surface area contributed by atoms with E-state index >= 15 is 0 Å². The highest BCUT2D eigenvalue weighted by molar-refractivity contribution is 6.30. The monoisotopic (exact) mass is 332 g/mol. The molecule has 0 bridgehead atoms. The van der Waals surface area contributed by atoms with Gasteiger partial charge in [0, 0.05) is 30.7 Å². The van der Waals surface area contributed by atoms with Gasteiger partial charge in [0.2, 0.25) is 0 Å². The summed E-state index contributed by atoms with van der Waals surface area (Å²) in [6.07, 6.45) is 6.05. The third-order valence-corrected chi connectivity index (χ3v) is 4.95. The summed E-state index contributed by atoms with van der Waals surface area (Å²) in [4.78, 5) is 2.43. The van der Waals surface area contributed by atoms with Crippen LogP contribution in [0.4, 0.5) is 4.39 Å². The summed E-state index contributed by atoms with van der Waals surface area (Å²) >= 11 is 5.98. The minimum Gasteiger partial charge on any atom is -0.329 e. The van der Waals surface area contributed by atoms with Crippen LogP contribution in [0.15, 0.2) is 18.2 Å². The van der Waals surface area contributed by atoms with Crippen LogP contribution in [-0.4, -0.2) is 24.0 Å². The van der Waals surface area contributed by atoms with Gasteiger partial charge in [-0.3, -0.25) is 4.90 Å². The fraction of sp³-hybridized carbons (Fsp3) is 0.625. The largest absolute Gasteiger partial charge is 0.329 e. The molecule has 2 fully saturated rings. The molecule has 118 valence electrons. The summed E-state index contributed by atoms with van der Waals surface area (Å²) in [6, 6.07) is 6.12. The molecule has 2 aliphatic carbocycles. The van der Waals surface area contributed by atoms with Gasteiger partial charge in [0.15, 0.2) is 0 Å². The number of halogens is 3. The standard InChI is InChI=1S/C16H22ClFN2.ClH/c17-14-6-2-5-13(15(14)18)16(11-3-1-4-11)20(10-9-19)12-7-8-12;/h2,5-6,11-12,16H,1,3-4,7-10,19H2;1H. The number of nitrogens with two attached hydrogens (primary N) is 1. The third-order valence-electron chi connectivity index (χ3n) is 4.66. The predicted molar refractivity (Wildman–Crippen MR) is 87.5 cm³/mol. The molecule has 0 radical (unpaired) electrons. The Bertz CT molecular complexity index is 475. The molecular formula is C16H23Cl2FN2. The van der Waals surface area contributed by atoms with Gasteiger partial charge in [-0.05, 0) is 37.7 Å². The summed E-state index contributed by atoms with van der Waals surface area (Å²) in [5.41, 5.74) is 6.54. The fourth-order valence-electron chi connectivity index (χ4n) is 3.31. The lowest BCUT2D eigenvalue weighted by molar-refractivity contribution is 0.0878. The first-order valence-corrected chi connectivity index (χ1v) is 8.00. The van der Waals surface area contributed by atoms with E-state index in [1.165, 1.54) is 32.1 Å². The van der Waals surface area contributed by atoms with Gasteiger partial charge in [0.1, 0.15) is 5.82 Å². The van der Waals surface area contributed by atoms with Crippen LogP contribution >= 0.6 is 24.0 Å². The van der Waals surface area contributed by atoms with Gasteiger partial charge in [-0.25, -0.2) is 4.39 Å². The van der Waals surface area contributed by atoms with Gasteiger partial charge in [-0.15, -0.1) is 12.4 Å². The lowest BCUT2D eigenvalue weighted by atomic mass is 9.76. The normalized spacial score (nSPS) is 20.0. The lowest BCUT2D eigenvalue weighted by Gasteiger charge is -2.42. The quantitative estimate of drug-likeness (QED) is 0.847. The highest BCUT2D eigenvalue weighted by Crippen LogP contribution is 2.46. The van der Waals surface area contributed by atoms with Crippen molar-refractivity contribution in [3.05, 3.63) is 34.6 Å². The van der Waals surface area contributed by atoms with E-state index in [0.29, 0.717) is 18.5 Å². The van der Waals surface area contributed by atoms with Crippen LogP contribution in [0.5, 0.6) is 0 Å². The molecule has 0 amide bonds. The summed E-state index contributed by atoms with van der Waals surface area (Å²) in [5, 5.41) is 0.232. The molecule has 0 spiro atoms. The van der Waals surface area contributed by atoms with E-state index in [0.717, 1.165) is 12.1 Å². The molecule has 0 heterocycles. The maximum Gasteiger partial charge on any atom is 0.146 e. The Labute approximate surface area is 137 Å². The molecule has 21 heavy (non-hydrogen) atoms. The van der Waals surface area contributed by atoms with Crippen LogP contribution in [-0.2, 0) is 0 Å². The van der Waals surface area contributed by atoms with Crippen molar-refractivity contribution in [1.29, 1.82) is 0 Å². The van der Waals surface area contributed by atoms with Crippen LogP contribution in [0.3, 0.4) is 0 Å². The van der Waals surface area contributed by atoms with Crippen molar-refractivity contribution in [3.63, 3.8) is 0 Å². The molecule has 2 N–H and O–H groups in total. The van der Waals surface area contributed by atoms with Gasteiger partial charge < -0.3 is 5.73 Å². The van der Waals surface area contributed by atoms with Crippen LogP contribution in [0.25, 0.3) is 0 Å². The summed E-state index contributed by atoms with van der Waals surface area (Å²) in [6.45, 7) is 1.47. The third kappa shape index (κ3) is 3.53. The first-order valence-electron chi connectivity index (χ1n) is 7.62. The van der Waals surface area contributed by atoms with Gasteiger partial charge in [-0.2, -0.15) is 0 Å². The lowest BCUT2D eigenvalue weighted by Crippen LogP contribution is -2.41. The first kappa shape index (κ1) is 17.0. The molecule has 1 aromatic carbocycles. The smallest absolute Gasteiger partial charge is 0.146 e. The second-order valence-corrected chi connectivity index (χ2v) is 6.44. The van der Waals surface area contributed by atoms with Crippen LogP contribution < -0.4 is 5.73 Å². The zero-order valence-corrected chi connectivity index (χ0v) is 13.7. The highest BCUT2D eigenvalue weighted by Gasteiger charge is 2.40. The van der Waals surface area contributed by atoms with Gasteiger partial charge in [0.25, 0.3) is 0 Å². The molecule has 0 aromatic heterocycles. The molecule has 0 saturated heterocycles. The van der Waals surface area contributed by atoms with E-state index in [1.807, 2.05) is 12.1 Å². The molecule has 0 aliphatic heterocycles. The van der Waals surface area contributed by atoms with Crippen molar-refractivity contribution in [2.45, 2.75) is 44.2 Å². The second kappa shape index (κ2) is 7.28. The molecule has 2 saturated carbocycles. The second-order valence-electron chi connectivity index (χ2n) is 6.04. The number of benzene rings is 1. The van der Waals surface area contributed by atoms with Gasteiger partial charge in [0.05, 0.1) is 5.02 Å². The van der Waals surface area contributed by atoms with E-state index in [1.54, 1.807) is 6.07 Å². The molecular weight excluding hydrogens is 310 g/mol. The molecule has 3 rings (SSSR count). The van der Waals surface area contributed by atoms with Gasteiger partial charge in [-0.1, -0.05) is 30.2 Å². The molecule has 1 aromatic rings. The van der Waals surface area contributed by atoms with Crippen molar-refractivity contribution >= 4 is 24.0 Å². The Morgan fingerprint density at radius 2 is 2.00 bits per heavy atom. The zero-order chi connectivity index (χ0) is 14.1. The van der Waals surface area contributed by atoms with Crippen molar-refractivity contribution in [2.24, 2.45) is 11.7 Å². The predicted octanol–water partition coefficient (Wildman–Crippen LogP) is 4.17. The Balaban J connectivity index is 0.00000161. The van der Waals surface area contributed by atoms with E-state index < -0.39 is 0 Å². The van der Waals surface area contributed by atoms with Crippen LogP contribution in [0.2, 0.25) is 5.02 Å². The maximum absolute atomic E-state index is 14.5. The zero-order valence-electron chi connectivity index (χ0n) is 12.1. The molecule has 2 aliphatic rings.